The normalized spacial score (nSPS) is 10.7. The van der Waals surface area contributed by atoms with Crippen molar-refractivity contribution in [3.8, 4) is 5.75 Å². The summed E-state index contributed by atoms with van der Waals surface area (Å²) in [6.07, 6.45) is 2.09. The maximum absolute atomic E-state index is 12.2. The zero-order valence-corrected chi connectivity index (χ0v) is 12.3. The first kappa shape index (κ1) is 13.8. The Morgan fingerprint density at radius 2 is 2.26 bits per heavy atom. The molecule has 1 aromatic carbocycles. The van der Waals surface area contributed by atoms with Crippen LogP contribution in [0.1, 0.15) is 29.6 Å². The van der Waals surface area contributed by atoms with Crippen molar-refractivity contribution in [2.75, 3.05) is 20.7 Å². The zero-order valence-electron chi connectivity index (χ0n) is 11.5. The Labute approximate surface area is 117 Å². The number of rotatable bonds is 5. The summed E-state index contributed by atoms with van der Waals surface area (Å²) in [5.41, 5.74) is 0.816. The first-order valence-corrected chi connectivity index (χ1v) is 7.17. The fraction of sp³-hybridized carbons (Fsp3) is 0.429. The van der Waals surface area contributed by atoms with Gasteiger partial charge in [-0.1, -0.05) is 13.3 Å². The number of nitrogens with zero attached hydrogens (tertiary/aromatic N) is 2. The summed E-state index contributed by atoms with van der Waals surface area (Å²) in [5.74, 6) is 0.754. The topological polar surface area (TPSA) is 42.4 Å². The van der Waals surface area contributed by atoms with Gasteiger partial charge in [-0.15, -0.1) is 11.3 Å². The molecular weight excluding hydrogens is 260 g/mol. The molecule has 102 valence electrons. The molecule has 5 heteroatoms. The fourth-order valence-electron chi connectivity index (χ4n) is 1.79. The number of hydrogen-bond donors (Lipinski definition) is 0. The SMILES string of the molecule is CCCCN(C)C(=O)c1nc2cc(OC)ccc2s1. The molecule has 1 heterocycles. The summed E-state index contributed by atoms with van der Waals surface area (Å²) in [6, 6.07) is 5.68. The molecule has 19 heavy (non-hydrogen) atoms. The number of methoxy groups -OCH3 is 1. The Balaban J connectivity index is 2.22. The molecule has 1 aromatic heterocycles. The van der Waals surface area contributed by atoms with E-state index in [0.717, 1.165) is 35.4 Å². The Kier molecular flexibility index (Phi) is 4.37. The summed E-state index contributed by atoms with van der Waals surface area (Å²) in [6.45, 7) is 2.89. The first-order valence-electron chi connectivity index (χ1n) is 6.35. The minimum Gasteiger partial charge on any atom is -0.497 e. The molecule has 0 aliphatic carbocycles. The van der Waals surface area contributed by atoms with E-state index in [-0.39, 0.29) is 5.91 Å². The standard InChI is InChI=1S/C14H18N2O2S/c1-4-5-8-16(2)14(17)13-15-11-9-10(18-3)6-7-12(11)19-13/h6-7,9H,4-5,8H2,1-3H3. The van der Waals surface area contributed by atoms with Gasteiger partial charge in [0.15, 0.2) is 5.01 Å². The van der Waals surface area contributed by atoms with E-state index >= 15 is 0 Å². The van der Waals surface area contributed by atoms with Gasteiger partial charge in [0.05, 0.1) is 17.3 Å². The van der Waals surface area contributed by atoms with Crippen molar-refractivity contribution in [1.29, 1.82) is 0 Å². The van der Waals surface area contributed by atoms with Gasteiger partial charge in [0, 0.05) is 19.7 Å². The second-order valence-corrected chi connectivity index (χ2v) is 5.46. The molecule has 0 aliphatic rings. The smallest absolute Gasteiger partial charge is 0.282 e. The third-order valence-corrected chi connectivity index (χ3v) is 4.00. The number of aromatic nitrogens is 1. The van der Waals surface area contributed by atoms with Crippen LogP contribution in [0.4, 0.5) is 0 Å². The van der Waals surface area contributed by atoms with Gasteiger partial charge in [-0.2, -0.15) is 0 Å². The lowest BCUT2D eigenvalue weighted by atomic mass is 10.3. The highest BCUT2D eigenvalue weighted by Crippen LogP contribution is 2.26. The van der Waals surface area contributed by atoms with Gasteiger partial charge in [-0.05, 0) is 18.6 Å². The van der Waals surface area contributed by atoms with Gasteiger partial charge < -0.3 is 9.64 Å². The Hall–Kier alpha value is -1.62. The third-order valence-electron chi connectivity index (χ3n) is 2.97. The number of benzene rings is 1. The van der Waals surface area contributed by atoms with Crippen LogP contribution in [0.3, 0.4) is 0 Å². The number of ether oxygens (including phenoxy) is 1. The summed E-state index contributed by atoms with van der Waals surface area (Å²) < 4.78 is 6.17. The molecule has 0 aliphatic heterocycles. The molecule has 0 radical (unpaired) electrons. The minimum absolute atomic E-state index is 0.00591. The fourth-order valence-corrected chi connectivity index (χ4v) is 2.73. The molecule has 0 saturated heterocycles. The highest BCUT2D eigenvalue weighted by Gasteiger charge is 2.16. The summed E-state index contributed by atoms with van der Waals surface area (Å²) >= 11 is 1.43. The monoisotopic (exact) mass is 278 g/mol. The number of carbonyl (C=O) groups is 1. The maximum atomic E-state index is 12.2. The van der Waals surface area contributed by atoms with Crippen LogP contribution in [0.25, 0.3) is 10.2 Å². The predicted molar refractivity (Wildman–Crippen MR) is 78.0 cm³/mol. The van der Waals surface area contributed by atoms with Gasteiger partial charge in [0.25, 0.3) is 5.91 Å². The van der Waals surface area contributed by atoms with E-state index in [1.54, 1.807) is 12.0 Å². The minimum atomic E-state index is -0.00591. The van der Waals surface area contributed by atoms with Crippen LogP contribution in [-0.2, 0) is 0 Å². The molecule has 0 fully saturated rings. The predicted octanol–water partition coefficient (Wildman–Crippen LogP) is 3.18. The van der Waals surface area contributed by atoms with Crippen LogP contribution in [-0.4, -0.2) is 36.5 Å². The summed E-state index contributed by atoms with van der Waals surface area (Å²) in [5, 5.41) is 0.543. The van der Waals surface area contributed by atoms with Gasteiger partial charge in [-0.3, -0.25) is 4.79 Å². The molecule has 2 aromatic rings. The summed E-state index contributed by atoms with van der Waals surface area (Å²) in [7, 11) is 3.45. The van der Waals surface area contributed by atoms with E-state index < -0.39 is 0 Å². The van der Waals surface area contributed by atoms with Gasteiger partial charge in [0.2, 0.25) is 0 Å². The number of fused-ring (bicyclic) bond motifs is 1. The molecule has 0 unspecified atom stereocenters. The molecule has 0 N–H and O–H groups in total. The van der Waals surface area contributed by atoms with Crippen molar-refractivity contribution in [3.05, 3.63) is 23.2 Å². The van der Waals surface area contributed by atoms with E-state index in [0.29, 0.717) is 5.01 Å². The van der Waals surface area contributed by atoms with E-state index in [4.69, 9.17) is 4.74 Å². The molecule has 0 saturated carbocycles. The lowest BCUT2D eigenvalue weighted by molar-refractivity contribution is 0.0793. The second-order valence-electron chi connectivity index (χ2n) is 4.43. The van der Waals surface area contributed by atoms with Crippen molar-refractivity contribution < 1.29 is 9.53 Å². The van der Waals surface area contributed by atoms with Crippen molar-refractivity contribution in [3.63, 3.8) is 0 Å². The van der Waals surface area contributed by atoms with E-state index in [9.17, 15) is 4.79 Å². The number of unbranched alkanes of at least 4 members (excludes halogenated alkanes) is 1. The first-order chi connectivity index (χ1) is 9.15. The molecular formula is C14H18N2O2S. The van der Waals surface area contributed by atoms with Crippen molar-refractivity contribution in [2.45, 2.75) is 19.8 Å². The molecule has 2 rings (SSSR count). The quantitative estimate of drug-likeness (QED) is 0.843. The molecule has 0 bridgehead atoms. The van der Waals surface area contributed by atoms with Crippen LogP contribution >= 0.6 is 11.3 Å². The van der Waals surface area contributed by atoms with Crippen LogP contribution in [0, 0.1) is 0 Å². The molecule has 0 spiro atoms. The number of amides is 1. The maximum Gasteiger partial charge on any atom is 0.282 e. The van der Waals surface area contributed by atoms with Crippen molar-refractivity contribution in [2.24, 2.45) is 0 Å². The third kappa shape index (κ3) is 3.04. The highest BCUT2D eigenvalue weighted by molar-refractivity contribution is 7.20. The van der Waals surface area contributed by atoms with E-state index in [1.807, 2.05) is 25.2 Å². The number of carbonyl (C=O) groups excluding carboxylic acids is 1. The molecule has 4 nitrogen and oxygen atoms in total. The average molecular weight is 278 g/mol. The van der Waals surface area contributed by atoms with Crippen LogP contribution in [0.5, 0.6) is 5.75 Å². The van der Waals surface area contributed by atoms with Crippen molar-refractivity contribution >= 4 is 27.5 Å². The highest BCUT2D eigenvalue weighted by atomic mass is 32.1. The van der Waals surface area contributed by atoms with Crippen LogP contribution < -0.4 is 4.74 Å². The Morgan fingerprint density at radius 3 is 2.95 bits per heavy atom. The summed E-state index contributed by atoms with van der Waals surface area (Å²) in [4.78, 5) is 18.3. The van der Waals surface area contributed by atoms with Crippen molar-refractivity contribution in [1.82, 2.24) is 9.88 Å². The van der Waals surface area contributed by atoms with E-state index in [1.165, 1.54) is 11.3 Å². The average Bonchev–Trinajstić information content (AvgIpc) is 2.86. The van der Waals surface area contributed by atoms with Gasteiger partial charge in [0.1, 0.15) is 5.75 Å². The second kappa shape index (κ2) is 6.02. The lowest BCUT2D eigenvalue weighted by Crippen LogP contribution is -2.27. The van der Waals surface area contributed by atoms with Crippen LogP contribution in [0.15, 0.2) is 18.2 Å². The molecule has 0 atom stereocenters. The van der Waals surface area contributed by atoms with Crippen LogP contribution in [0.2, 0.25) is 0 Å². The Bertz CT molecular complexity index is 580. The van der Waals surface area contributed by atoms with Gasteiger partial charge >= 0.3 is 0 Å². The lowest BCUT2D eigenvalue weighted by Gasteiger charge is -2.14. The number of thiazole rings is 1. The van der Waals surface area contributed by atoms with E-state index in [2.05, 4.69) is 11.9 Å². The number of hydrogen-bond acceptors (Lipinski definition) is 4. The molecule has 1 amide bonds. The van der Waals surface area contributed by atoms with Gasteiger partial charge in [-0.25, -0.2) is 4.98 Å². The largest absolute Gasteiger partial charge is 0.497 e. The zero-order chi connectivity index (χ0) is 13.8. The Morgan fingerprint density at radius 1 is 1.47 bits per heavy atom.